The average Bonchev–Trinajstić information content (AvgIpc) is 2.76. The lowest BCUT2D eigenvalue weighted by Crippen LogP contribution is -2.13. The van der Waals surface area contributed by atoms with E-state index < -0.39 is 0 Å². The van der Waals surface area contributed by atoms with Gasteiger partial charge in [-0.05, 0) is 23.7 Å². The standard InChI is InChI=1S/C10H10ClN5OS/c1-16(2)7-4-3-6(5-12-7)13-8(17)9-14-15-10(11)18-9/h3-5H,1-2H3,(H,13,17). The van der Waals surface area contributed by atoms with E-state index in [-0.39, 0.29) is 15.4 Å². The van der Waals surface area contributed by atoms with Gasteiger partial charge < -0.3 is 10.2 Å². The van der Waals surface area contributed by atoms with Crippen molar-refractivity contribution in [2.24, 2.45) is 0 Å². The normalized spacial score (nSPS) is 10.2. The molecule has 6 nitrogen and oxygen atoms in total. The van der Waals surface area contributed by atoms with E-state index in [1.807, 2.05) is 25.1 Å². The third-order valence-electron chi connectivity index (χ3n) is 2.06. The summed E-state index contributed by atoms with van der Waals surface area (Å²) < 4.78 is 0.237. The summed E-state index contributed by atoms with van der Waals surface area (Å²) in [6.07, 6.45) is 1.58. The Balaban J connectivity index is 2.07. The molecule has 2 aromatic rings. The Kier molecular flexibility index (Phi) is 3.73. The molecule has 8 heteroatoms. The highest BCUT2D eigenvalue weighted by molar-refractivity contribution is 7.17. The second-order valence-electron chi connectivity index (χ2n) is 3.61. The van der Waals surface area contributed by atoms with E-state index in [2.05, 4.69) is 20.5 Å². The molecule has 0 bridgehead atoms. The van der Waals surface area contributed by atoms with Crippen LogP contribution in [0.4, 0.5) is 11.5 Å². The molecule has 0 saturated carbocycles. The number of carbonyl (C=O) groups is 1. The molecule has 94 valence electrons. The van der Waals surface area contributed by atoms with Gasteiger partial charge in [-0.2, -0.15) is 0 Å². The maximum absolute atomic E-state index is 11.7. The van der Waals surface area contributed by atoms with E-state index in [1.165, 1.54) is 0 Å². The lowest BCUT2D eigenvalue weighted by molar-refractivity contribution is 0.102. The van der Waals surface area contributed by atoms with Gasteiger partial charge in [0.2, 0.25) is 9.47 Å². The van der Waals surface area contributed by atoms with E-state index in [4.69, 9.17) is 11.6 Å². The number of aromatic nitrogens is 3. The van der Waals surface area contributed by atoms with Gasteiger partial charge in [-0.15, -0.1) is 10.2 Å². The quantitative estimate of drug-likeness (QED) is 0.932. The van der Waals surface area contributed by atoms with Crippen LogP contribution in [0, 0.1) is 0 Å². The maximum atomic E-state index is 11.7. The SMILES string of the molecule is CN(C)c1ccc(NC(=O)c2nnc(Cl)s2)cn1. The number of nitrogens with zero attached hydrogens (tertiary/aromatic N) is 4. The van der Waals surface area contributed by atoms with Crippen molar-refractivity contribution in [1.82, 2.24) is 15.2 Å². The largest absolute Gasteiger partial charge is 0.363 e. The molecular formula is C10H10ClN5OS. The van der Waals surface area contributed by atoms with Gasteiger partial charge in [0.15, 0.2) is 0 Å². The highest BCUT2D eigenvalue weighted by atomic mass is 35.5. The molecule has 0 aliphatic heterocycles. The monoisotopic (exact) mass is 283 g/mol. The van der Waals surface area contributed by atoms with Gasteiger partial charge in [-0.3, -0.25) is 4.79 Å². The minimum absolute atomic E-state index is 0.219. The zero-order chi connectivity index (χ0) is 13.1. The van der Waals surface area contributed by atoms with Gasteiger partial charge in [0.25, 0.3) is 5.91 Å². The van der Waals surface area contributed by atoms with Crippen LogP contribution >= 0.6 is 22.9 Å². The van der Waals surface area contributed by atoms with Gasteiger partial charge in [0, 0.05) is 14.1 Å². The number of anilines is 2. The van der Waals surface area contributed by atoms with Gasteiger partial charge in [-0.25, -0.2) is 4.98 Å². The number of halogens is 1. The molecule has 0 unspecified atom stereocenters. The van der Waals surface area contributed by atoms with Gasteiger partial charge in [0.05, 0.1) is 11.9 Å². The minimum atomic E-state index is -0.348. The number of nitrogens with one attached hydrogen (secondary N) is 1. The molecule has 0 atom stereocenters. The Hall–Kier alpha value is -1.73. The molecule has 0 aromatic carbocycles. The first-order chi connectivity index (χ1) is 8.56. The second kappa shape index (κ2) is 5.28. The van der Waals surface area contributed by atoms with Crippen LogP contribution in [-0.2, 0) is 0 Å². The van der Waals surface area contributed by atoms with Crippen molar-refractivity contribution >= 4 is 40.4 Å². The van der Waals surface area contributed by atoms with E-state index in [0.717, 1.165) is 17.2 Å². The molecule has 0 aliphatic rings. The fraction of sp³-hybridized carbons (Fsp3) is 0.200. The van der Waals surface area contributed by atoms with Crippen molar-refractivity contribution in [3.63, 3.8) is 0 Å². The molecule has 0 fully saturated rings. The van der Waals surface area contributed by atoms with E-state index >= 15 is 0 Å². The van der Waals surface area contributed by atoms with Crippen molar-refractivity contribution in [2.45, 2.75) is 0 Å². The number of carbonyl (C=O) groups excluding carboxylic acids is 1. The third-order valence-corrected chi connectivity index (χ3v) is 3.08. The summed E-state index contributed by atoms with van der Waals surface area (Å²) in [4.78, 5) is 17.8. The lowest BCUT2D eigenvalue weighted by atomic mass is 10.4. The molecule has 1 N–H and O–H groups in total. The molecule has 0 spiro atoms. The predicted molar refractivity (Wildman–Crippen MR) is 71.4 cm³/mol. The topological polar surface area (TPSA) is 71.0 Å². The maximum Gasteiger partial charge on any atom is 0.286 e. The Labute approximate surface area is 113 Å². The van der Waals surface area contributed by atoms with E-state index in [9.17, 15) is 4.79 Å². The molecule has 2 rings (SSSR count). The van der Waals surface area contributed by atoms with E-state index in [0.29, 0.717) is 5.69 Å². The van der Waals surface area contributed by atoms with Crippen molar-refractivity contribution < 1.29 is 4.79 Å². The summed E-state index contributed by atoms with van der Waals surface area (Å²) in [5.41, 5.74) is 0.594. The molecule has 18 heavy (non-hydrogen) atoms. The molecular weight excluding hydrogens is 274 g/mol. The zero-order valence-electron chi connectivity index (χ0n) is 9.72. The van der Waals surface area contributed by atoms with Crippen molar-refractivity contribution in [1.29, 1.82) is 0 Å². The van der Waals surface area contributed by atoms with Crippen LogP contribution in [-0.4, -0.2) is 35.2 Å². The molecule has 2 heterocycles. The van der Waals surface area contributed by atoms with Crippen LogP contribution in [0.3, 0.4) is 0 Å². The van der Waals surface area contributed by atoms with Crippen LogP contribution in [0.1, 0.15) is 9.80 Å². The summed E-state index contributed by atoms with van der Waals surface area (Å²) >= 11 is 6.64. The Morgan fingerprint density at radius 2 is 2.17 bits per heavy atom. The first-order valence-electron chi connectivity index (χ1n) is 5.00. The molecule has 0 radical (unpaired) electrons. The Bertz CT molecular complexity index is 554. The first kappa shape index (κ1) is 12.7. The second-order valence-corrected chi connectivity index (χ2v) is 5.17. The Morgan fingerprint density at radius 1 is 1.39 bits per heavy atom. The Morgan fingerprint density at radius 3 is 2.67 bits per heavy atom. The predicted octanol–water partition coefficient (Wildman–Crippen LogP) is 1.90. The minimum Gasteiger partial charge on any atom is -0.363 e. The summed E-state index contributed by atoms with van der Waals surface area (Å²) in [7, 11) is 3.79. The zero-order valence-corrected chi connectivity index (χ0v) is 11.3. The summed E-state index contributed by atoms with van der Waals surface area (Å²) in [6, 6.07) is 3.57. The smallest absolute Gasteiger partial charge is 0.286 e. The van der Waals surface area contributed by atoms with Crippen LogP contribution in [0.25, 0.3) is 0 Å². The average molecular weight is 284 g/mol. The van der Waals surface area contributed by atoms with E-state index in [1.54, 1.807) is 12.3 Å². The number of rotatable bonds is 3. The summed E-state index contributed by atoms with van der Waals surface area (Å²) in [5, 5.41) is 10.1. The van der Waals surface area contributed by atoms with Crippen LogP contribution in [0.15, 0.2) is 18.3 Å². The fourth-order valence-electron chi connectivity index (χ4n) is 1.21. The molecule has 2 aromatic heterocycles. The van der Waals surface area contributed by atoms with Gasteiger partial charge in [0.1, 0.15) is 5.82 Å². The number of pyridine rings is 1. The van der Waals surface area contributed by atoms with Gasteiger partial charge >= 0.3 is 0 Å². The summed E-state index contributed by atoms with van der Waals surface area (Å²) in [6.45, 7) is 0. The van der Waals surface area contributed by atoms with Crippen molar-refractivity contribution in [3.05, 3.63) is 27.8 Å². The fourth-order valence-corrected chi connectivity index (χ4v) is 1.93. The van der Waals surface area contributed by atoms with Crippen LogP contribution in [0.5, 0.6) is 0 Å². The molecule has 0 aliphatic carbocycles. The third kappa shape index (κ3) is 2.93. The lowest BCUT2D eigenvalue weighted by Gasteiger charge is -2.11. The highest BCUT2D eigenvalue weighted by Crippen LogP contribution is 2.17. The number of hydrogen-bond donors (Lipinski definition) is 1. The van der Waals surface area contributed by atoms with Crippen molar-refractivity contribution in [2.75, 3.05) is 24.3 Å². The van der Waals surface area contributed by atoms with Crippen LogP contribution in [0.2, 0.25) is 4.47 Å². The molecule has 0 saturated heterocycles. The summed E-state index contributed by atoms with van der Waals surface area (Å²) in [5.74, 6) is 0.464. The first-order valence-corrected chi connectivity index (χ1v) is 6.19. The van der Waals surface area contributed by atoms with Gasteiger partial charge in [-0.1, -0.05) is 11.3 Å². The number of amides is 1. The molecule has 1 amide bonds. The number of hydrogen-bond acceptors (Lipinski definition) is 6. The van der Waals surface area contributed by atoms with Crippen LogP contribution < -0.4 is 10.2 Å². The van der Waals surface area contributed by atoms with Crippen molar-refractivity contribution in [3.8, 4) is 0 Å². The highest BCUT2D eigenvalue weighted by Gasteiger charge is 2.12.